The third-order valence-electron chi connectivity index (χ3n) is 3.30. The highest BCUT2D eigenvalue weighted by Gasteiger charge is 2.22. The van der Waals surface area contributed by atoms with Gasteiger partial charge in [-0.2, -0.15) is 0 Å². The van der Waals surface area contributed by atoms with E-state index in [1.807, 2.05) is 0 Å². The predicted molar refractivity (Wildman–Crippen MR) is 71.8 cm³/mol. The molecule has 5 nitrogen and oxygen atoms in total. The number of carbonyl (C=O) groups is 1. The summed E-state index contributed by atoms with van der Waals surface area (Å²) in [6.07, 6.45) is 8.27. The number of hydrogen-bond donors (Lipinski definition) is 2. The molecule has 0 bridgehead atoms. The first-order valence-electron chi connectivity index (χ1n) is 7.19. The molecule has 1 fully saturated rings. The number of hydrogen-bond acceptors (Lipinski definition) is 4. The topological polar surface area (TPSA) is 67.6 Å². The third-order valence-corrected chi connectivity index (χ3v) is 3.30. The number of amides is 1. The zero-order valence-electron chi connectivity index (χ0n) is 11.5. The quantitative estimate of drug-likeness (QED) is 0.332. The third kappa shape index (κ3) is 5.69. The van der Waals surface area contributed by atoms with Gasteiger partial charge in [-0.25, -0.2) is 15.6 Å². The molecule has 0 spiro atoms. The van der Waals surface area contributed by atoms with Crippen LogP contribution in [0, 0.1) is 0 Å². The molecule has 1 saturated heterocycles. The number of nitrogens with one attached hydrogen (secondary N) is 1. The minimum Gasteiger partial charge on any atom is -0.448 e. The van der Waals surface area contributed by atoms with Crippen molar-refractivity contribution in [3.63, 3.8) is 0 Å². The average molecular weight is 257 g/mol. The minimum absolute atomic E-state index is 0.0735. The lowest BCUT2D eigenvalue weighted by atomic mass is 10.2. The maximum atomic E-state index is 11.7. The van der Waals surface area contributed by atoms with E-state index in [-0.39, 0.29) is 6.17 Å². The molecule has 18 heavy (non-hydrogen) atoms. The molecular formula is C13H27N3O2. The lowest BCUT2D eigenvalue weighted by Crippen LogP contribution is -2.52. The van der Waals surface area contributed by atoms with E-state index in [1.165, 1.54) is 24.3 Å². The van der Waals surface area contributed by atoms with Gasteiger partial charge >= 0.3 is 6.09 Å². The van der Waals surface area contributed by atoms with Gasteiger partial charge in [0.25, 0.3) is 0 Å². The molecule has 1 aliphatic heterocycles. The first-order chi connectivity index (χ1) is 8.75. The maximum Gasteiger partial charge on any atom is 0.425 e. The van der Waals surface area contributed by atoms with Gasteiger partial charge in [-0.3, -0.25) is 5.32 Å². The Morgan fingerprint density at radius 3 is 2.94 bits per heavy atom. The molecule has 3 N–H and O–H groups in total. The second-order valence-electron chi connectivity index (χ2n) is 4.90. The van der Waals surface area contributed by atoms with Crippen molar-refractivity contribution in [2.45, 2.75) is 64.5 Å². The van der Waals surface area contributed by atoms with Crippen molar-refractivity contribution in [3.8, 4) is 0 Å². The van der Waals surface area contributed by atoms with Crippen molar-refractivity contribution in [2.24, 2.45) is 5.84 Å². The van der Waals surface area contributed by atoms with Crippen molar-refractivity contribution < 1.29 is 9.53 Å². The molecule has 0 aromatic heterocycles. The number of carbonyl (C=O) groups excluding carboxylic acids is 1. The van der Waals surface area contributed by atoms with Gasteiger partial charge in [0.15, 0.2) is 0 Å². The summed E-state index contributed by atoms with van der Waals surface area (Å²) in [6.45, 7) is 3.55. The Balaban J connectivity index is 2.18. The number of ether oxygens (including phenoxy) is 1. The lowest BCUT2D eigenvalue weighted by molar-refractivity contribution is 0.0759. The van der Waals surface area contributed by atoms with Gasteiger partial charge < -0.3 is 4.74 Å². The molecule has 1 amide bonds. The fraction of sp³-hybridized carbons (Fsp3) is 0.923. The first-order valence-corrected chi connectivity index (χ1v) is 7.19. The molecule has 1 heterocycles. The molecule has 0 aliphatic carbocycles. The van der Waals surface area contributed by atoms with Crippen LogP contribution in [0.2, 0.25) is 0 Å². The van der Waals surface area contributed by atoms with E-state index in [4.69, 9.17) is 10.6 Å². The molecule has 1 unspecified atom stereocenters. The van der Waals surface area contributed by atoms with E-state index in [9.17, 15) is 4.79 Å². The van der Waals surface area contributed by atoms with E-state index in [1.54, 1.807) is 0 Å². The summed E-state index contributed by atoms with van der Waals surface area (Å²) in [5.41, 5.74) is 0. The summed E-state index contributed by atoms with van der Waals surface area (Å²) >= 11 is 0. The molecule has 1 atom stereocenters. The smallest absolute Gasteiger partial charge is 0.425 e. The van der Waals surface area contributed by atoms with Crippen LogP contribution >= 0.6 is 0 Å². The van der Waals surface area contributed by atoms with Crippen molar-refractivity contribution in [2.75, 3.05) is 13.2 Å². The predicted octanol–water partition coefficient (Wildman–Crippen LogP) is 2.37. The second-order valence-corrected chi connectivity index (χ2v) is 4.90. The number of unbranched alkanes of at least 4 members (excludes halogenated alkanes) is 3. The molecule has 0 radical (unpaired) electrons. The van der Waals surface area contributed by atoms with Gasteiger partial charge in [-0.05, 0) is 32.2 Å². The molecule has 1 aliphatic rings. The number of hydrazine groups is 1. The van der Waals surface area contributed by atoms with E-state index >= 15 is 0 Å². The Kier molecular flexibility index (Phi) is 7.76. The van der Waals surface area contributed by atoms with Crippen LogP contribution in [-0.4, -0.2) is 30.4 Å². The van der Waals surface area contributed by atoms with Crippen LogP contribution in [0.5, 0.6) is 0 Å². The number of rotatable bonds is 6. The summed E-state index contributed by atoms with van der Waals surface area (Å²) in [7, 11) is 0. The SMILES string of the molecule is CCCCCCOC(=O)N(N)C1CCCCCN1. The fourth-order valence-corrected chi connectivity index (χ4v) is 2.14. The van der Waals surface area contributed by atoms with Crippen LogP contribution < -0.4 is 11.2 Å². The Labute approximate surface area is 110 Å². The molecule has 0 aromatic carbocycles. The largest absolute Gasteiger partial charge is 0.448 e. The summed E-state index contributed by atoms with van der Waals surface area (Å²) in [5.74, 6) is 5.80. The van der Waals surface area contributed by atoms with E-state index < -0.39 is 6.09 Å². The normalized spacial score (nSPS) is 20.2. The maximum absolute atomic E-state index is 11.7. The fourth-order valence-electron chi connectivity index (χ4n) is 2.14. The molecular weight excluding hydrogens is 230 g/mol. The van der Waals surface area contributed by atoms with Crippen LogP contribution in [0.15, 0.2) is 0 Å². The molecule has 5 heteroatoms. The Bertz CT molecular complexity index is 228. The highest BCUT2D eigenvalue weighted by Crippen LogP contribution is 2.10. The Morgan fingerprint density at radius 2 is 2.17 bits per heavy atom. The number of nitrogens with two attached hydrogens (primary N) is 1. The van der Waals surface area contributed by atoms with Crippen LogP contribution in [0.4, 0.5) is 4.79 Å². The van der Waals surface area contributed by atoms with Crippen LogP contribution in [0.25, 0.3) is 0 Å². The van der Waals surface area contributed by atoms with Gasteiger partial charge in [0, 0.05) is 0 Å². The zero-order chi connectivity index (χ0) is 13.2. The Hall–Kier alpha value is -0.810. The monoisotopic (exact) mass is 257 g/mol. The standard InChI is InChI=1S/C13H27N3O2/c1-2-3-4-8-11-18-13(17)16(14)12-9-6-5-7-10-15-12/h12,15H,2-11,14H2,1H3. The van der Waals surface area contributed by atoms with Gasteiger partial charge in [-0.1, -0.05) is 32.6 Å². The van der Waals surface area contributed by atoms with Crippen LogP contribution in [-0.2, 0) is 4.74 Å². The summed E-state index contributed by atoms with van der Waals surface area (Å²) in [6, 6.07) is 0. The van der Waals surface area contributed by atoms with Crippen molar-refractivity contribution in [1.29, 1.82) is 0 Å². The van der Waals surface area contributed by atoms with Crippen LogP contribution in [0.1, 0.15) is 58.3 Å². The molecule has 106 valence electrons. The molecule has 0 saturated carbocycles. The molecule has 1 rings (SSSR count). The summed E-state index contributed by atoms with van der Waals surface area (Å²) in [4.78, 5) is 11.7. The van der Waals surface area contributed by atoms with Crippen molar-refractivity contribution in [1.82, 2.24) is 10.3 Å². The zero-order valence-corrected chi connectivity index (χ0v) is 11.5. The van der Waals surface area contributed by atoms with E-state index in [2.05, 4.69) is 12.2 Å². The highest BCUT2D eigenvalue weighted by molar-refractivity contribution is 5.67. The number of nitrogens with zero attached hydrogens (tertiary/aromatic N) is 1. The molecule has 0 aromatic rings. The Morgan fingerprint density at radius 1 is 1.33 bits per heavy atom. The average Bonchev–Trinajstić information content (AvgIpc) is 2.66. The van der Waals surface area contributed by atoms with E-state index in [0.717, 1.165) is 38.6 Å². The van der Waals surface area contributed by atoms with Gasteiger partial charge in [0.1, 0.15) is 6.17 Å². The minimum atomic E-state index is -0.411. The second kappa shape index (κ2) is 9.16. The van der Waals surface area contributed by atoms with E-state index in [0.29, 0.717) is 6.61 Å². The van der Waals surface area contributed by atoms with Gasteiger partial charge in [-0.15, -0.1) is 0 Å². The van der Waals surface area contributed by atoms with Crippen molar-refractivity contribution >= 4 is 6.09 Å². The lowest BCUT2D eigenvalue weighted by Gasteiger charge is -2.26. The summed E-state index contributed by atoms with van der Waals surface area (Å²) < 4.78 is 5.17. The first kappa shape index (κ1) is 15.2. The summed E-state index contributed by atoms with van der Waals surface area (Å²) in [5, 5.41) is 4.49. The highest BCUT2D eigenvalue weighted by atomic mass is 16.6. The van der Waals surface area contributed by atoms with Gasteiger partial charge in [0.2, 0.25) is 0 Å². The van der Waals surface area contributed by atoms with Crippen LogP contribution in [0.3, 0.4) is 0 Å². The van der Waals surface area contributed by atoms with Gasteiger partial charge in [0.05, 0.1) is 6.61 Å². The van der Waals surface area contributed by atoms with Crippen molar-refractivity contribution in [3.05, 3.63) is 0 Å².